The minimum absolute atomic E-state index is 0.412. The molecule has 3 aromatic heterocycles. The van der Waals surface area contributed by atoms with Crippen LogP contribution in [0.2, 0.25) is 0 Å². The fraction of sp³-hybridized carbons (Fsp3) is 0.242. The van der Waals surface area contributed by atoms with E-state index in [9.17, 15) is 20.1 Å². The average molecular weight is 560 g/mol. The highest BCUT2D eigenvalue weighted by molar-refractivity contribution is 5.98. The molecule has 0 saturated heterocycles. The van der Waals surface area contributed by atoms with Crippen molar-refractivity contribution >= 4 is 34.0 Å². The number of nitriles is 2. The molecule has 0 aliphatic rings. The molecule has 0 radical (unpaired) electrons. The molecule has 0 unspecified atom stereocenters. The molecule has 42 heavy (non-hydrogen) atoms. The maximum Gasteiger partial charge on any atom is 0.419 e. The fourth-order valence-corrected chi connectivity index (χ4v) is 4.65. The highest BCUT2D eigenvalue weighted by Crippen LogP contribution is 2.33. The smallest absolute Gasteiger partial charge is 0.419 e. The summed E-state index contributed by atoms with van der Waals surface area (Å²) in [5.74, 6) is 0. The molecule has 2 aromatic carbocycles. The lowest BCUT2D eigenvalue weighted by atomic mass is 10.1. The van der Waals surface area contributed by atoms with Gasteiger partial charge in [-0.15, -0.1) is 0 Å². The summed E-state index contributed by atoms with van der Waals surface area (Å²) in [6.45, 7) is 10.7. The van der Waals surface area contributed by atoms with Crippen molar-refractivity contribution in [3.8, 4) is 34.8 Å². The molecule has 5 rings (SSSR count). The molecule has 0 amide bonds. The molecule has 0 fully saturated rings. The van der Waals surface area contributed by atoms with Gasteiger partial charge in [-0.2, -0.15) is 10.5 Å². The molecule has 9 nitrogen and oxygen atoms in total. The molecule has 5 aromatic rings. The summed E-state index contributed by atoms with van der Waals surface area (Å²) in [4.78, 5) is 31.4. The molecule has 0 aliphatic heterocycles. The van der Waals surface area contributed by atoms with E-state index in [2.05, 4.69) is 17.1 Å². The molecule has 3 heterocycles. The van der Waals surface area contributed by atoms with Crippen LogP contribution < -0.4 is 0 Å². The minimum atomic E-state index is -0.741. The summed E-state index contributed by atoms with van der Waals surface area (Å²) in [6.07, 6.45) is 0.449. The van der Waals surface area contributed by atoms with Crippen LogP contribution in [0.3, 0.4) is 0 Å². The highest BCUT2D eigenvalue weighted by atomic mass is 16.6. The summed E-state index contributed by atoms with van der Waals surface area (Å²) >= 11 is 0. The Bertz CT molecular complexity index is 1810. The van der Waals surface area contributed by atoms with Gasteiger partial charge in [0.2, 0.25) is 0 Å². The predicted molar refractivity (Wildman–Crippen MR) is 159 cm³/mol. The van der Waals surface area contributed by atoms with Gasteiger partial charge in [-0.05, 0) is 90.1 Å². The summed E-state index contributed by atoms with van der Waals surface area (Å²) in [5, 5.41) is 20.4. The Morgan fingerprint density at radius 1 is 0.690 bits per heavy atom. The third kappa shape index (κ3) is 5.45. The Morgan fingerprint density at radius 3 is 1.60 bits per heavy atom. The van der Waals surface area contributed by atoms with Crippen molar-refractivity contribution in [2.75, 3.05) is 0 Å². The van der Waals surface area contributed by atoms with Gasteiger partial charge in [0, 0.05) is 22.5 Å². The van der Waals surface area contributed by atoms with Crippen molar-refractivity contribution in [2.24, 2.45) is 0 Å². The van der Waals surface area contributed by atoms with Crippen LogP contribution in [0, 0.1) is 22.7 Å². The number of benzene rings is 2. The van der Waals surface area contributed by atoms with E-state index in [1.54, 1.807) is 96.3 Å². The first-order chi connectivity index (χ1) is 19.8. The van der Waals surface area contributed by atoms with E-state index in [1.807, 2.05) is 12.1 Å². The summed E-state index contributed by atoms with van der Waals surface area (Å²) in [5.41, 5.74) is 2.58. The van der Waals surface area contributed by atoms with E-state index in [1.165, 1.54) is 9.13 Å². The first-order valence-corrected chi connectivity index (χ1v) is 13.3. The number of hydrogen-bond donors (Lipinski definition) is 0. The molecular weight excluding hydrogens is 530 g/mol. The van der Waals surface area contributed by atoms with Gasteiger partial charge >= 0.3 is 12.2 Å². The van der Waals surface area contributed by atoms with Crippen molar-refractivity contribution < 1.29 is 19.1 Å². The molecule has 0 aliphatic carbocycles. The Morgan fingerprint density at radius 2 is 1.17 bits per heavy atom. The highest BCUT2D eigenvalue weighted by Gasteiger charge is 2.25. The largest absolute Gasteiger partial charge is 0.443 e. The van der Waals surface area contributed by atoms with Crippen molar-refractivity contribution in [3.05, 3.63) is 78.0 Å². The van der Waals surface area contributed by atoms with Crippen LogP contribution in [-0.2, 0) is 9.47 Å². The lowest BCUT2D eigenvalue weighted by molar-refractivity contribution is 0.0535. The first kappa shape index (κ1) is 28.1. The van der Waals surface area contributed by atoms with E-state index < -0.39 is 23.4 Å². The Kier molecular flexibility index (Phi) is 6.84. The third-order valence-corrected chi connectivity index (χ3v) is 6.34. The fourth-order valence-electron chi connectivity index (χ4n) is 4.65. The van der Waals surface area contributed by atoms with Crippen molar-refractivity contribution in [1.82, 2.24) is 14.1 Å². The molecule has 0 saturated carbocycles. The molecule has 9 heteroatoms. The molecule has 0 atom stereocenters. The number of carbonyl (C=O) groups excluding carboxylic acids is 2. The van der Waals surface area contributed by atoms with E-state index in [0.717, 1.165) is 10.8 Å². The number of hydrogen-bond acceptors (Lipinski definition) is 7. The number of nitrogens with zero attached hydrogens (tertiary/aromatic N) is 5. The maximum absolute atomic E-state index is 13.4. The summed E-state index contributed by atoms with van der Waals surface area (Å²) < 4.78 is 14.3. The SMILES string of the molecule is CC(C)(C)OC(=O)n1c(-c2ccc(-c3cc4ccc(C#N)cc4n3C(=O)OC(C)(C)C)nc2)cc2ccc(C#N)cc21. The standard InChI is InChI=1S/C33H29N5O4/c1-32(2,3)41-30(39)37-26-13-20(17-34)7-9-22(26)15-28(37)24-11-12-25(36-19-24)29-16-23-10-8-21(18-35)14-27(23)38(29)31(40)42-33(4,5)6/h7-16,19H,1-6H3. The van der Waals surface area contributed by atoms with Crippen LogP contribution >= 0.6 is 0 Å². The molecule has 210 valence electrons. The molecule has 0 N–H and O–H groups in total. The van der Waals surface area contributed by atoms with Crippen LogP contribution in [0.15, 0.2) is 66.9 Å². The van der Waals surface area contributed by atoms with E-state index in [-0.39, 0.29) is 0 Å². The zero-order valence-corrected chi connectivity index (χ0v) is 24.2. The van der Waals surface area contributed by atoms with Gasteiger partial charge in [0.05, 0.1) is 51.4 Å². The zero-order valence-electron chi connectivity index (χ0n) is 24.2. The van der Waals surface area contributed by atoms with Gasteiger partial charge in [0.25, 0.3) is 0 Å². The van der Waals surface area contributed by atoms with Crippen LogP contribution in [-0.4, -0.2) is 37.5 Å². The number of pyridine rings is 1. The van der Waals surface area contributed by atoms with Gasteiger partial charge in [-0.3, -0.25) is 4.98 Å². The Balaban J connectivity index is 1.64. The van der Waals surface area contributed by atoms with E-state index in [0.29, 0.717) is 44.8 Å². The third-order valence-electron chi connectivity index (χ3n) is 6.34. The van der Waals surface area contributed by atoms with Crippen LogP contribution in [0.4, 0.5) is 9.59 Å². The monoisotopic (exact) mass is 559 g/mol. The Labute approximate surface area is 243 Å². The van der Waals surface area contributed by atoms with E-state index >= 15 is 0 Å². The zero-order chi connectivity index (χ0) is 30.4. The van der Waals surface area contributed by atoms with Gasteiger partial charge in [-0.25, -0.2) is 18.7 Å². The van der Waals surface area contributed by atoms with Gasteiger partial charge in [-0.1, -0.05) is 12.1 Å². The molecule has 0 spiro atoms. The van der Waals surface area contributed by atoms with Crippen molar-refractivity contribution in [2.45, 2.75) is 52.7 Å². The lowest BCUT2D eigenvalue weighted by Gasteiger charge is -2.21. The number of carbonyl (C=O) groups is 2. The topological polar surface area (TPSA) is 123 Å². The molecular formula is C33H29N5O4. The van der Waals surface area contributed by atoms with Crippen molar-refractivity contribution in [1.29, 1.82) is 10.5 Å². The van der Waals surface area contributed by atoms with Crippen LogP contribution in [0.5, 0.6) is 0 Å². The Hall–Kier alpha value is -5.41. The minimum Gasteiger partial charge on any atom is -0.443 e. The average Bonchev–Trinajstić information content (AvgIpc) is 3.49. The number of aromatic nitrogens is 3. The predicted octanol–water partition coefficient (Wildman–Crippen LogP) is 7.63. The maximum atomic E-state index is 13.4. The lowest BCUT2D eigenvalue weighted by Crippen LogP contribution is -2.27. The number of fused-ring (bicyclic) bond motifs is 2. The normalized spacial score (nSPS) is 11.7. The van der Waals surface area contributed by atoms with Gasteiger partial charge < -0.3 is 9.47 Å². The second kappa shape index (κ2) is 10.2. The van der Waals surface area contributed by atoms with E-state index in [4.69, 9.17) is 9.47 Å². The second-order valence-electron chi connectivity index (χ2n) is 11.9. The molecule has 0 bridgehead atoms. The quantitative estimate of drug-likeness (QED) is 0.218. The number of rotatable bonds is 2. The first-order valence-electron chi connectivity index (χ1n) is 13.3. The number of ether oxygens (including phenoxy) is 2. The van der Waals surface area contributed by atoms with Crippen LogP contribution in [0.1, 0.15) is 52.7 Å². The summed E-state index contributed by atoms with van der Waals surface area (Å²) in [7, 11) is 0. The van der Waals surface area contributed by atoms with Crippen LogP contribution in [0.25, 0.3) is 44.5 Å². The second-order valence-corrected chi connectivity index (χ2v) is 11.9. The van der Waals surface area contributed by atoms with Gasteiger partial charge in [0.15, 0.2) is 0 Å². The van der Waals surface area contributed by atoms with Gasteiger partial charge in [0.1, 0.15) is 11.2 Å². The summed E-state index contributed by atoms with van der Waals surface area (Å²) in [6, 6.07) is 21.7. The van der Waals surface area contributed by atoms with Crippen molar-refractivity contribution in [3.63, 3.8) is 0 Å².